The molecule has 5 heterocycles. The van der Waals surface area contributed by atoms with Crippen molar-refractivity contribution >= 4 is 39.1 Å². The minimum absolute atomic E-state index is 0.0224. The number of nitrogens with two attached hydrogens (primary N) is 1. The lowest BCUT2D eigenvalue weighted by molar-refractivity contribution is -0.604. The van der Waals surface area contributed by atoms with Crippen LogP contribution in [0.15, 0.2) is 42.2 Å². The molecular formula is C37H42F3N8O4+. The summed E-state index contributed by atoms with van der Waals surface area (Å²) in [6.45, 7) is 4.16. The molecule has 0 unspecified atom stereocenters. The van der Waals surface area contributed by atoms with Gasteiger partial charge in [0.05, 0.1) is 30.6 Å². The Morgan fingerprint density at radius 3 is 2.88 bits per heavy atom. The number of carbonyl (C=O) groups excluding carboxylic acids is 1. The number of amides is 1. The van der Waals surface area contributed by atoms with E-state index in [-0.39, 0.29) is 65.9 Å². The average Bonchev–Trinajstić information content (AvgIpc) is 3.55. The monoisotopic (exact) mass is 719 g/mol. The second-order valence-corrected chi connectivity index (χ2v) is 13.7. The van der Waals surface area contributed by atoms with Gasteiger partial charge in [0.25, 0.3) is 5.91 Å². The molecule has 7 rings (SSSR count). The van der Waals surface area contributed by atoms with E-state index in [1.807, 2.05) is 10.2 Å². The first-order valence-electron chi connectivity index (χ1n) is 17.7. The summed E-state index contributed by atoms with van der Waals surface area (Å²) < 4.78 is 52.9. The van der Waals surface area contributed by atoms with Gasteiger partial charge in [-0.15, -0.1) is 0 Å². The van der Waals surface area contributed by atoms with Gasteiger partial charge in [0.15, 0.2) is 5.82 Å². The van der Waals surface area contributed by atoms with Crippen molar-refractivity contribution in [3.63, 3.8) is 0 Å². The Hall–Kier alpha value is -4.86. The summed E-state index contributed by atoms with van der Waals surface area (Å²) in [5, 5.41) is 33.6. The lowest BCUT2D eigenvalue weighted by atomic mass is 9.94. The smallest absolute Gasteiger partial charge is 0.319 e. The molecule has 3 saturated heterocycles. The summed E-state index contributed by atoms with van der Waals surface area (Å²) in [5.41, 5.74) is 0.225. The van der Waals surface area contributed by atoms with E-state index >= 15 is 8.78 Å². The number of quaternary nitrogens is 1. The highest BCUT2D eigenvalue weighted by Crippen LogP contribution is 2.42. The molecule has 1 amide bonds. The van der Waals surface area contributed by atoms with Gasteiger partial charge in [0, 0.05) is 50.3 Å². The first-order valence-corrected chi connectivity index (χ1v) is 17.7. The predicted molar refractivity (Wildman–Crippen MR) is 189 cm³/mol. The number of aliphatic hydroxyl groups excluding tert-OH is 1. The van der Waals surface area contributed by atoms with Gasteiger partial charge in [-0.2, -0.15) is 9.97 Å². The van der Waals surface area contributed by atoms with Crippen LogP contribution < -0.4 is 20.3 Å². The molecule has 2 aromatic carbocycles. The lowest BCUT2D eigenvalue weighted by Crippen LogP contribution is -2.82. The number of hydrogen-bond acceptors (Lipinski definition) is 10. The van der Waals surface area contributed by atoms with Crippen LogP contribution in [0.4, 0.5) is 19.0 Å². The Balaban J connectivity index is 1.34. The van der Waals surface area contributed by atoms with E-state index in [1.54, 1.807) is 6.92 Å². The van der Waals surface area contributed by atoms with E-state index in [2.05, 4.69) is 20.2 Å². The van der Waals surface area contributed by atoms with E-state index in [4.69, 9.17) is 20.2 Å². The second-order valence-electron chi connectivity index (χ2n) is 13.7. The number of nitrogens with one attached hydrogen (secondary N) is 2. The highest BCUT2D eigenvalue weighted by molar-refractivity contribution is 6.42. The highest BCUT2D eigenvalue weighted by atomic mass is 19.1. The van der Waals surface area contributed by atoms with Crippen LogP contribution in [-0.2, 0) is 11.2 Å². The summed E-state index contributed by atoms with van der Waals surface area (Å²) in [4.78, 5) is 30.3. The molecule has 6 N–H and O–H groups in total. The minimum atomic E-state index is -0.971. The van der Waals surface area contributed by atoms with Gasteiger partial charge in [-0.25, -0.2) is 13.2 Å². The molecule has 15 heteroatoms. The van der Waals surface area contributed by atoms with Gasteiger partial charge in [-0.05, 0) is 60.3 Å². The Labute approximate surface area is 298 Å². The number of alkyl halides is 1. The molecule has 274 valence electrons. The molecular weight excluding hydrogens is 677 g/mol. The first-order chi connectivity index (χ1) is 25.1. The summed E-state index contributed by atoms with van der Waals surface area (Å²) in [6.07, 6.45) is 4.94. The van der Waals surface area contributed by atoms with Crippen molar-refractivity contribution in [3.8, 4) is 23.0 Å². The maximum atomic E-state index is 17.0. The molecule has 0 spiro atoms. The topological polar surface area (TPSA) is 164 Å². The van der Waals surface area contributed by atoms with E-state index in [9.17, 15) is 14.3 Å². The van der Waals surface area contributed by atoms with Crippen molar-refractivity contribution in [2.75, 3.05) is 57.4 Å². The summed E-state index contributed by atoms with van der Waals surface area (Å²) in [6, 6.07) is 5.62. The van der Waals surface area contributed by atoms with Crippen molar-refractivity contribution in [2.24, 2.45) is 0 Å². The molecule has 3 aliphatic rings. The zero-order chi connectivity index (χ0) is 36.6. The van der Waals surface area contributed by atoms with Gasteiger partial charge < -0.3 is 30.5 Å². The average molecular weight is 720 g/mol. The number of fused-ring (bicyclic) bond motifs is 3. The Morgan fingerprint density at radius 1 is 1.23 bits per heavy atom. The number of aromatic hydroxyl groups is 1. The minimum Gasteiger partial charge on any atom is -0.508 e. The molecule has 0 radical (unpaired) electrons. The zero-order valence-electron chi connectivity index (χ0n) is 28.9. The van der Waals surface area contributed by atoms with Gasteiger partial charge >= 0.3 is 6.01 Å². The van der Waals surface area contributed by atoms with Crippen LogP contribution in [0.5, 0.6) is 11.8 Å². The van der Waals surface area contributed by atoms with E-state index in [1.165, 1.54) is 36.5 Å². The van der Waals surface area contributed by atoms with E-state index in [0.29, 0.717) is 66.7 Å². The van der Waals surface area contributed by atoms with E-state index in [0.717, 1.165) is 19.4 Å². The maximum absolute atomic E-state index is 17.0. The third kappa shape index (κ3) is 6.75. The fourth-order valence-corrected chi connectivity index (χ4v) is 7.93. The fraction of sp³-hybridized carbons (Fsp3) is 0.432. The van der Waals surface area contributed by atoms with Gasteiger partial charge in [-0.3, -0.25) is 20.1 Å². The number of phenols is 1. The summed E-state index contributed by atoms with van der Waals surface area (Å²) >= 11 is 0. The molecule has 2 atom stereocenters. The van der Waals surface area contributed by atoms with E-state index < -0.39 is 29.3 Å². The number of nitrogens with zero attached hydrogens (tertiary/aromatic N) is 5. The molecule has 3 fully saturated rings. The molecule has 2 aromatic heterocycles. The van der Waals surface area contributed by atoms with Crippen molar-refractivity contribution < 1.29 is 38.2 Å². The van der Waals surface area contributed by atoms with Crippen LogP contribution in [0.1, 0.15) is 38.2 Å². The first kappa shape index (κ1) is 35.5. The number of rotatable bonds is 10. The SMILES string of the molecule is CCc1c(F)ccc2cc(O)cc(-c3ncc4c(N5CCC[NH2+]/C(=C\C(=N)C(=O)NCCO)C5)nc(OC[C@@]56CCCN5C[C@H](F)C6)nc4c3F)c12. The third-order valence-corrected chi connectivity index (χ3v) is 10.3. The second kappa shape index (κ2) is 14.6. The number of anilines is 1. The molecule has 0 bridgehead atoms. The normalized spacial score (nSPS) is 21.5. The number of carbonyl (C=O) groups is 1. The number of ether oxygens (including phenoxy) is 1. The number of hydrogen-bond donors (Lipinski definition) is 5. The van der Waals surface area contributed by atoms with Crippen LogP contribution in [-0.4, -0.2) is 106 Å². The number of phenolic OH excluding ortho intramolecular Hbond substituents is 1. The highest BCUT2D eigenvalue weighted by Gasteiger charge is 2.49. The Kier molecular flexibility index (Phi) is 10.0. The molecule has 52 heavy (non-hydrogen) atoms. The summed E-state index contributed by atoms with van der Waals surface area (Å²) in [5.74, 6) is -1.70. The van der Waals surface area contributed by atoms with Crippen molar-refractivity contribution in [3.05, 3.63) is 59.4 Å². The number of pyridine rings is 1. The molecule has 0 saturated carbocycles. The number of aliphatic hydroxyl groups is 1. The van der Waals surface area contributed by atoms with Crippen LogP contribution in [0.2, 0.25) is 0 Å². The quantitative estimate of drug-likeness (QED) is 0.155. The zero-order valence-corrected chi connectivity index (χ0v) is 28.9. The Morgan fingerprint density at radius 2 is 2.08 bits per heavy atom. The lowest BCUT2D eigenvalue weighted by Gasteiger charge is -2.31. The molecule has 0 aliphatic carbocycles. The number of halogens is 3. The largest absolute Gasteiger partial charge is 0.508 e. The van der Waals surface area contributed by atoms with Crippen molar-refractivity contribution in [2.45, 2.75) is 50.7 Å². The molecule has 4 aromatic rings. The maximum Gasteiger partial charge on any atom is 0.319 e. The van der Waals surface area contributed by atoms with Gasteiger partial charge in [-0.1, -0.05) is 13.0 Å². The van der Waals surface area contributed by atoms with Crippen molar-refractivity contribution in [1.29, 1.82) is 5.41 Å². The van der Waals surface area contributed by atoms with Crippen LogP contribution in [0, 0.1) is 17.0 Å². The third-order valence-electron chi connectivity index (χ3n) is 10.3. The van der Waals surface area contributed by atoms with Crippen molar-refractivity contribution in [1.82, 2.24) is 25.2 Å². The van der Waals surface area contributed by atoms with Crippen LogP contribution in [0.3, 0.4) is 0 Å². The summed E-state index contributed by atoms with van der Waals surface area (Å²) in [7, 11) is 0. The van der Waals surface area contributed by atoms with Gasteiger partial charge in [0.2, 0.25) is 0 Å². The van der Waals surface area contributed by atoms with Crippen LogP contribution >= 0.6 is 0 Å². The van der Waals surface area contributed by atoms with Crippen LogP contribution in [0.25, 0.3) is 32.9 Å². The standard InChI is InChI=1S/C37H41F3N8O4/c1-2-25-28(39)6-5-21-13-24(50)15-26(30(21)25)32-31(40)33-27(17-44-32)34(46-36(45-33)52-20-37-7-3-11-48(37)18-22(38)16-37)47-10-4-8-42-23(19-47)14-29(41)35(51)43-9-12-49/h5-6,13-15,17,22,41-42,49-50H,2-4,7-12,16,18-20H2,1H3,(H,43,51)/p+1/b23-14-,41-29?/t22-,37+/m1/s1. The number of aryl methyl sites for hydroxylation is 1. The van der Waals surface area contributed by atoms with Gasteiger partial charge in [0.1, 0.15) is 52.8 Å². The number of aromatic nitrogens is 3. The fourth-order valence-electron chi connectivity index (χ4n) is 7.93. The molecule has 3 aliphatic heterocycles. The molecule has 12 nitrogen and oxygen atoms in total. The number of benzene rings is 2. The predicted octanol–water partition coefficient (Wildman–Crippen LogP) is 3.13. The Bertz CT molecular complexity index is 2080.